The molecule has 0 saturated heterocycles. The van der Waals surface area contributed by atoms with E-state index >= 15 is 8.78 Å². The van der Waals surface area contributed by atoms with Gasteiger partial charge in [-0.25, -0.2) is 13.6 Å². The van der Waals surface area contributed by atoms with Gasteiger partial charge in [0.15, 0.2) is 11.6 Å². The van der Waals surface area contributed by atoms with Crippen LogP contribution in [0.3, 0.4) is 0 Å². The average Bonchev–Trinajstić information content (AvgIpc) is 3.45. The highest BCUT2D eigenvalue weighted by Crippen LogP contribution is 2.43. The third-order valence-electron chi connectivity index (χ3n) is 5.87. The number of aromatic carboxylic acids is 1. The van der Waals surface area contributed by atoms with E-state index in [0.29, 0.717) is 18.5 Å². The van der Waals surface area contributed by atoms with Crippen molar-refractivity contribution in [3.8, 4) is 0 Å². The highest BCUT2D eigenvalue weighted by atomic mass is 19.1. The molecular weight excluding hydrogens is 394 g/mol. The fraction of sp³-hybridized carbons (Fsp3) is 0.238. The highest BCUT2D eigenvalue weighted by molar-refractivity contribution is 5.99. The summed E-state index contributed by atoms with van der Waals surface area (Å²) >= 11 is 0. The smallest absolute Gasteiger partial charge is 0.341 e. The van der Waals surface area contributed by atoms with Gasteiger partial charge in [-0.2, -0.15) is 0 Å². The van der Waals surface area contributed by atoms with Gasteiger partial charge in [0.1, 0.15) is 11.3 Å². The Morgan fingerprint density at radius 3 is 2.50 bits per heavy atom. The van der Waals surface area contributed by atoms with Gasteiger partial charge in [0.2, 0.25) is 5.43 Å². The van der Waals surface area contributed by atoms with Gasteiger partial charge in [-0.3, -0.25) is 4.79 Å². The lowest BCUT2D eigenvalue weighted by Gasteiger charge is -2.23. The van der Waals surface area contributed by atoms with Crippen molar-refractivity contribution in [2.45, 2.75) is 32.0 Å². The summed E-state index contributed by atoms with van der Waals surface area (Å²) < 4.78 is 32.5. The first-order chi connectivity index (χ1) is 14.3. The van der Waals surface area contributed by atoms with E-state index < -0.39 is 39.7 Å². The number of anilines is 3. The molecule has 1 saturated carbocycles. The van der Waals surface area contributed by atoms with E-state index in [1.165, 1.54) is 9.47 Å². The van der Waals surface area contributed by atoms with Crippen LogP contribution in [-0.2, 0) is 13.1 Å². The lowest BCUT2D eigenvalue weighted by atomic mass is 10.1. The second-order valence-corrected chi connectivity index (χ2v) is 7.77. The number of pyridine rings is 1. The number of halogens is 2. The number of nitrogens with two attached hydrogens (primary N) is 2. The maximum Gasteiger partial charge on any atom is 0.341 e. The minimum atomic E-state index is -1.47. The molecule has 1 fully saturated rings. The maximum atomic E-state index is 15.8. The molecule has 0 bridgehead atoms. The van der Waals surface area contributed by atoms with E-state index in [0.717, 1.165) is 17.3 Å². The summed E-state index contributed by atoms with van der Waals surface area (Å²) in [4.78, 5) is 25.7. The monoisotopic (exact) mass is 412 g/mol. The highest BCUT2D eigenvalue weighted by Gasteiger charge is 2.34. The predicted octanol–water partition coefficient (Wildman–Crippen LogP) is 3.00. The Labute approximate surface area is 169 Å². The van der Waals surface area contributed by atoms with Crippen LogP contribution in [0.1, 0.15) is 40.4 Å². The number of carbonyl (C=O) groups is 1. The zero-order valence-electron chi connectivity index (χ0n) is 15.8. The molecule has 3 aromatic rings. The van der Waals surface area contributed by atoms with Crippen molar-refractivity contribution in [1.29, 1.82) is 0 Å². The Hall–Kier alpha value is -3.62. The molecular formula is C21H18F2N4O3. The molecule has 0 radical (unpaired) electrons. The van der Waals surface area contributed by atoms with Gasteiger partial charge in [-0.05, 0) is 30.0 Å². The molecule has 0 spiro atoms. The van der Waals surface area contributed by atoms with E-state index in [1.807, 2.05) is 6.07 Å². The molecule has 9 heteroatoms. The Kier molecular flexibility index (Phi) is 3.80. The number of rotatable bonds is 3. The second-order valence-electron chi connectivity index (χ2n) is 7.77. The fourth-order valence-electron chi connectivity index (χ4n) is 4.23. The number of fused-ring (bicyclic) bond motifs is 2. The zero-order valence-corrected chi connectivity index (χ0v) is 15.8. The molecule has 2 aromatic carbocycles. The molecule has 1 aliphatic heterocycles. The number of carboxylic acids is 1. The van der Waals surface area contributed by atoms with Crippen LogP contribution >= 0.6 is 0 Å². The Morgan fingerprint density at radius 1 is 1.13 bits per heavy atom. The Morgan fingerprint density at radius 2 is 1.87 bits per heavy atom. The molecule has 2 aliphatic rings. The third kappa shape index (κ3) is 2.47. The van der Waals surface area contributed by atoms with Crippen LogP contribution in [0.5, 0.6) is 0 Å². The van der Waals surface area contributed by atoms with Crippen LogP contribution in [0.2, 0.25) is 0 Å². The first-order valence-electron chi connectivity index (χ1n) is 9.49. The predicted molar refractivity (Wildman–Crippen MR) is 109 cm³/mol. The second kappa shape index (κ2) is 6.19. The molecule has 0 atom stereocenters. The van der Waals surface area contributed by atoms with E-state index in [4.69, 9.17) is 11.5 Å². The quantitative estimate of drug-likeness (QED) is 0.570. The SMILES string of the molecule is Nc1cccc2c1CN(c1c(F)c(N)c3c(=O)c(C(=O)O)cn(C4CC4)c3c1F)C2. The van der Waals surface area contributed by atoms with Gasteiger partial charge in [0, 0.05) is 31.0 Å². The summed E-state index contributed by atoms with van der Waals surface area (Å²) in [5, 5.41) is 8.94. The molecule has 1 aliphatic carbocycles. The van der Waals surface area contributed by atoms with Gasteiger partial charge < -0.3 is 26.0 Å². The van der Waals surface area contributed by atoms with Gasteiger partial charge in [0.25, 0.3) is 0 Å². The molecule has 30 heavy (non-hydrogen) atoms. The van der Waals surface area contributed by atoms with Crippen molar-refractivity contribution >= 4 is 33.9 Å². The van der Waals surface area contributed by atoms with E-state index in [1.54, 1.807) is 12.1 Å². The number of benzene rings is 2. The standard InChI is InChI=1S/C21H18F2N4O3/c22-15-17(25)14-18(27(10-4-5-10)8-12(20(14)28)21(29)30)16(23)19(15)26-6-9-2-1-3-13(24)11(9)7-26/h1-3,8,10H,4-7,24-25H2,(H,29,30). The van der Waals surface area contributed by atoms with Crippen LogP contribution in [0.15, 0.2) is 29.2 Å². The van der Waals surface area contributed by atoms with E-state index in [2.05, 4.69) is 0 Å². The lowest BCUT2D eigenvalue weighted by molar-refractivity contribution is 0.0695. The van der Waals surface area contributed by atoms with Crippen LogP contribution in [-0.4, -0.2) is 15.6 Å². The summed E-state index contributed by atoms with van der Waals surface area (Å²) in [6.07, 6.45) is 2.54. The topological polar surface area (TPSA) is 115 Å². The first kappa shape index (κ1) is 18.4. The molecule has 1 aromatic heterocycles. The van der Waals surface area contributed by atoms with Crippen molar-refractivity contribution in [3.63, 3.8) is 0 Å². The van der Waals surface area contributed by atoms with Gasteiger partial charge in [0.05, 0.1) is 16.6 Å². The summed E-state index contributed by atoms with van der Waals surface area (Å²) in [5.74, 6) is -3.47. The van der Waals surface area contributed by atoms with Crippen molar-refractivity contribution < 1.29 is 18.7 Å². The summed E-state index contributed by atoms with van der Waals surface area (Å²) in [5.41, 5.74) is 11.5. The average molecular weight is 412 g/mol. The van der Waals surface area contributed by atoms with Crippen molar-refractivity contribution in [2.75, 3.05) is 16.4 Å². The summed E-state index contributed by atoms with van der Waals surface area (Å²) in [6.45, 7) is 0.432. The number of hydrogen-bond donors (Lipinski definition) is 3. The van der Waals surface area contributed by atoms with Gasteiger partial charge in [-0.1, -0.05) is 12.1 Å². The fourth-order valence-corrected chi connectivity index (χ4v) is 4.23. The molecule has 0 amide bonds. The number of carboxylic acid groups (broad SMARTS) is 1. The largest absolute Gasteiger partial charge is 0.477 e. The normalized spacial score (nSPS) is 15.6. The number of nitrogens with zero attached hydrogens (tertiary/aromatic N) is 2. The maximum absolute atomic E-state index is 15.8. The van der Waals surface area contributed by atoms with Crippen LogP contribution in [0.4, 0.5) is 25.8 Å². The molecule has 154 valence electrons. The number of hydrogen-bond acceptors (Lipinski definition) is 5. The zero-order chi connectivity index (χ0) is 21.3. The molecule has 0 unspecified atom stereocenters. The minimum absolute atomic E-state index is 0.162. The molecule has 7 nitrogen and oxygen atoms in total. The van der Waals surface area contributed by atoms with Crippen LogP contribution < -0.4 is 21.8 Å². The van der Waals surface area contributed by atoms with Crippen molar-refractivity contribution in [3.05, 3.63) is 62.9 Å². The van der Waals surface area contributed by atoms with E-state index in [-0.39, 0.29) is 30.3 Å². The minimum Gasteiger partial charge on any atom is -0.477 e. The van der Waals surface area contributed by atoms with Crippen LogP contribution in [0.25, 0.3) is 10.9 Å². The van der Waals surface area contributed by atoms with Gasteiger partial charge >= 0.3 is 5.97 Å². The van der Waals surface area contributed by atoms with E-state index in [9.17, 15) is 14.7 Å². The summed E-state index contributed by atoms with van der Waals surface area (Å²) in [6, 6.07) is 5.18. The number of nitrogen functional groups attached to an aromatic ring is 2. The molecule has 5 N–H and O–H groups in total. The number of aromatic nitrogens is 1. The summed E-state index contributed by atoms with van der Waals surface area (Å²) in [7, 11) is 0. The lowest BCUT2D eigenvalue weighted by Crippen LogP contribution is -2.24. The van der Waals surface area contributed by atoms with Gasteiger partial charge in [-0.15, -0.1) is 0 Å². The molecule has 2 heterocycles. The third-order valence-corrected chi connectivity index (χ3v) is 5.87. The Bertz CT molecular complexity index is 1310. The molecule has 5 rings (SSSR count). The van der Waals surface area contributed by atoms with Crippen molar-refractivity contribution in [1.82, 2.24) is 4.57 Å². The first-order valence-corrected chi connectivity index (χ1v) is 9.49. The Balaban J connectivity index is 1.79. The van der Waals surface area contributed by atoms with Crippen molar-refractivity contribution in [2.24, 2.45) is 0 Å². The van der Waals surface area contributed by atoms with Crippen LogP contribution in [0, 0.1) is 11.6 Å².